The lowest BCUT2D eigenvalue weighted by atomic mass is 9.57. The van der Waals surface area contributed by atoms with Crippen molar-refractivity contribution in [3.05, 3.63) is 0 Å². The highest BCUT2D eigenvalue weighted by atomic mass is 16.5. The minimum atomic E-state index is -1.17. The van der Waals surface area contributed by atoms with E-state index < -0.39 is 35.1 Å². The van der Waals surface area contributed by atoms with E-state index >= 15 is 0 Å². The third-order valence-corrected chi connectivity index (χ3v) is 6.99. The molecule has 0 aliphatic heterocycles. The van der Waals surface area contributed by atoms with Crippen molar-refractivity contribution in [2.75, 3.05) is 0 Å². The number of amides is 2. The van der Waals surface area contributed by atoms with Gasteiger partial charge in [-0.1, -0.05) is 59.8 Å². The van der Waals surface area contributed by atoms with Crippen molar-refractivity contribution in [1.29, 1.82) is 0 Å². The van der Waals surface area contributed by atoms with Crippen molar-refractivity contribution < 1.29 is 19.6 Å². The van der Waals surface area contributed by atoms with Gasteiger partial charge in [0.05, 0.1) is 17.9 Å². The third-order valence-electron chi connectivity index (χ3n) is 6.99. The number of carbonyl (C=O) groups excluding carboxylic acids is 3. The van der Waals surface area contributed by atoms with Crippen molar-refractivity contribution in [2.45, 2.75) is 98.4 Å². The lowest BCUT2D eigenvalue weighted by Crippen LogP contribution is -2.57. The number of hydrogen-bond acceptors (Lipinski definition) is 6. The molecule has 32 heavy (non-hydrogen) atoms. The molecule has 2 unspecified atom stereocenters. The number of nitrogens with two attached hydrogens (primary N) is 2. The lowest BCUT2D eigenvalue weighted by Gasteiger charge is -2.44. The van der Waals surface area contributed by atoms with E-state index in [0.29, 0.717) is 25.2 Å². The number of ketones is 1. The highest BCUT2D eigenvalue weighted by Gasteiger charge is 2.54. The molecule has 2 amide bonds. The van der Waals surface area contributed by atoms with Gasteiger partial charge in [0.2, 0.25) is 11.8 Å². The molecular weight excluding hydrogens is 408 g/mol. The summed E-state index contributed by atoms with van der Waals surface area (Å²) in [6, 6.07) is -0.797. The average Bonchev–Trinajstić information content (AvgIpc) is 2.75. The Morgan fingerprint density at radius 2 is 1.59 bits per heavy atom. The SMILES string of the molecule is CC(C)C[C@@H](C(=O)NN)C(C(=O)NO)C(CCC1CCCCC1)(CC(C)C)C(=O)[C@@H](C)N. The Morgan fingerprint density at radius 1 is 1.00 bits per heavy atom. The Kier molecular flexibility index (Phi) is 11.8. The summed E-state index contributed by atoms with van der Waals surface area (Å²) in [5.74, 6) is 2.76. The fraction of sp³-hybridized carbons (Fsp3) is 0.875. The van der Waals surface area contributed by atoms with Gasteiger partial charge in [0.15, 0.2) is 5.78 Å². The van der Waals surface area contributed by atoms with E-state index in [4.69, 9.17) is 11.6 Å². The van der Waals surface area contributed by atoms with Crippen LogP contribution in [-0.4, -0.2) is 28.8 Å². The molecule has 1 fully saturated rings. The van der Waals surface area contributed by atoms with E-state index in [1.807, 2.05) is 27.7 Å². The van der Waals surface area contributed by atoms with Crippen molar-refractivity contribution in [3.63, 3.8) is 0 Å². The quantitative estimate of drug-likeness (QED) is 0.125. The highest BCUT2D eigenvalue weighted by molar-refractivity contribution is 5.97. The van der Waals surface area contributed by atoms with Crippen LogP contribution in [0.2, 0.25) is 0 Å². The molecule has 0 aromatic heterocycles. The van der Waals surface area contributed by atoms with Crippen LogP contribution in [0.3, 0.4) is 0 Å². The molecule has 0 aromatic rings. The largest absolute Gasteiger partial charge is 0.322 e. The summed E-state index contributed by atoms with van der Waals surface area (Å²) in [7, 11) is 0. The molecule has 8 heteroatoms. The first-order valence-corrected chi connectivity index (χ1v) is 12.2. The van der Waals surface area contributed by atoms with Gasteiger partial charge in [-0.15, -0.1) is 0 Å². The van der Waals surface area contributed by atoms with E-state index in [-0.39, 0.29) is 17.6 Å². The van der Waals surface area contributed by atoms with Gasteiger partial charge in [-0.05, 0) is 50.4 Å². The first-order chi connectivity index (χ1) is 15.0. The summed E-state index contributed by atoms with van der Waals surface area (Å²) >= 11 is 0. The first-order valence-electron chi connectivity index (χ1n) is 12.2. The molecule has 186 valence electrons. The maximum atomic E-state index is 13.8. The fourth-order valence-corrected chi connectivity index (χ4v) is 5.78. The van der Waals surface area contributed by atoms with Crippen molar-refractivity contribution in [1.82, 2.24) is 10.9 Å². The first kappa shape index (κ1) is 28.5. The van der Waals surface area contributed by atoms with E-state index in [1.165, 1.54) is 19.3 Å². The summed E-state index contributed by atoms with van der Waals surface area (Å²) in [5, 5.41) is 9.67. The second-order valence-electron chi connectivity index (χ2n) is 10.6. The molecule has 8 nitrogen and oxygen atoms in total. The smallest absolute Gasteiger partial charge is 0.248 e. The number of Topliss-reactive ketones (excluding diaryl/α,β-unsaturated/α-hetero) is 1. The van der Waals surface area contributed by atoms with E-state index in [1.54, 1.807) is 12.4 Å². The monoisotopic (exact) mass is 454 g/mol. The Bertz CT molecular complexity index is 617. The molecule has 1 rings (SSSR count). The van der Waals surface area contributed by atoms with Gasteiger partial charge in [-0.25, -0.2) is 11.3 Å². The zero-order valence-corrected chi connectivity index (χ0v) is 20.7. The van der Waals surface area contributed by atoms with E-state index in [0.717, 1.165) is 19.3 Å². The molecule has 0 spiro atoms. The Labute approximate surface area is 193 Å². The molecule has 1 saturated carbocycles. The van der Waals surface area contributed by atoms with Gasteiger partial charge in [0.1, 0.15) is 0 Å². The third kappa shape index (κ3) is 7.52. The number of rotatable bonds is 13. The van der Waals surface area contributed by atoms with Crippen LogP contribution >= 0.6 is 0 Å². The second kappa shape index (κ2) is 13.3. The molecule has 0 bridgehead atoms. The Morgan fingerprint density at radius 3 is 2.03 bits per heavy atom. The van der Waals surface area contributed by atoms with Crippen molar-refractivity contribution >= 4 is 17.6 Å². The predicted molar refractivity (Wildman–Crippen MR) is 125 cm³/mol. The predicted octanol–water partition coefficient (Wildman–Crippen LogP) is 3.07. The zero-order chi connectivity index (χ0) is 24.5. The Balaban J connectivity index is 3.61. The number of hydroxylamine groups is 1. The van der Waals surface area contributed by atoms with Gasteiger partial charge >= 0.3 is 0 Å². The molecular formula is C24H46N4O4. The molecule has 0 heterocycles. The molecule has 0 radical (unpaired) electrons. The van der Waals surface area contributed by atoms with E-state index in [2.05, 4.69) is 5.43 Å². The van der Waals surface area contributed by atoms with Crippen LogP contribution in [-0.2, 0) is 14.4 Å². The maximum absolute atomic E-state index is 13.8. The van der Waals surface area contributed by atoms with Crippen LogP contribution in [0.1, 0.15) is 92.4 Å². The van der Waals surface area contributed by atoms with Crippen LogP contribution in [0, 0.1) is 35.0 Å². The maximum Gasteiger partial charge on any atom is 0.248 e. The molecule has 0 aromatic carbocycles. The van der Waals surface area contributed by atoms with Gasteiger partial charge in [0, 0.05) is 5.41 Å². The van der Waals surface area contributed by atoms with Crippen LogP contribution in [0.5, 0.6) is 0 Å². The molecule has 7 N–H and O–H groups in total. The summed E-state index contributed by atoms with van der Waals surface area (Å²) in [5.41, 5.74) is 8.90. The van der Waals surface area contributed by atoms with Crippen molar-refractivity contribution in [3.8, 4) is 0 Å². The number of carbonyl (C=O) groups is 3. The van der Waals surface area contributed by atoms with E-state index in [9.17, 15) is 19.6 Å². The summed E-state index contributed by atoms with van der Waals surface area (Å²) in [6.07, 6.45) is 7.82. The normalized spacial score (nSPS) is 19.8. The van der Waals surface area contributed by atoms with Gasteiger partial charge in [-0.3, -0.25) is 25.0 Å². The fourth-order valence-electron chi connectivity index (χ4n) is 5.78. The lowest BCUT2D eigenvalue weighted by molar-refractivity contribution is -0.155. The topological polar surface area (TPSA) is 148 Å². The molecule has 1 aliphatic rings. The van der Waals surface area contributed by atoms with Crippen LogP contribution < -0.4 is 22.5 Å². The molecule has 1 aliphatic carbocycles. The van der Waals surface area contributed by atoms with Gasteiger partial charge in [-0.2, -0.15) is 0 Å². The highest BCUT2D eigenvalue weighted by Crippen LogP contribution is 2.48. The molecule has 4 atom stereocenters. The minimum absolute atomic E-state index is 0.0757. The second-order valence-corrected chi connectivity index (χ2v) is 10.6. The summed E-state index contributed by atoms with van der Waals surface area (Å²) in [6.45, 7) is 9.53. The number of hydrazine groups is 1. The summed E-state index contributed by atoms with van der Waals surface area (Å²) in [4.78, 5) is 39.9. The Hall–Kier alpha value is -1.51. The van der Waals surface area contributed by atoms with Crippen LogP contribution in [0.15, 0.2) is 0 Å². The standard InChI is InChI=1S/C24H46N4O4/c1-15(2)13-19(22(30)27-26)20(23(31)28-32)24(14-16(3)4,21(29)17(5)25)12-11-18-9-7-6-8-10-18/h15-20,32H,6-14,25-26H2,1-5H3,(H,27,30)(H,28,31)/t17-,19-,20?,24?/m1/s1. The van der Waals surface area contributed by atoms with Gasteiger partial charge in [0.25, 0.3) is 0 Å². The van der Waals surface area contributed by atoms with Crippen LogP contribution in [0.4, 0.5) is 0 Å². The van der Waals surface area contributed by atoms with Gasteiger partial charge < -0.3 is 5.73 Å². The van der Waals surface area contributed by atoms with Crippen LogP contribution in [0.25, 0.3) is 0 Å². The molecule has 0 saturated heterocycles. The number of hydrogen-bond donors (Lipinski definition) is 5. The van der Waals surface area contributed by atoms with Crippen molar-refractivity contribution in [2.24, 2.45) is 46.6 Å². The minimum Gasteiger partial charge on any atom is -0.322 e. The summed E-state index contributed by atoms with van der Waals surface area (Å²) < 4.78 is 0. The number of nitrogens with one attached hydrogen (secondary N) is 2. The average molecular weight is 455 g/mol. The zero-order valence-electron chi connectivity index (χ0n) is 20.7.